The first kappa shape index (κ1) is 30.0. The fourth-order valence-electron chi connectivity index (χ4n) is 7.53. The van der Waals surface area contributed by atoms with Crippen molar-refractivity contribution in [1.82, 2.24) is 0 Å². The van der Waals surface area contributed by atoms with Gasteiger partial charge in [-0.25, -0.2) is 0 Å². The predicted octanol–water partition coefficient (Wildman–Crippen LogP) is 11.7. The molecular formula is C47H28N2O2. The molecule has 0 N–H and O–H groups in total. The predicted molar refractivity (Wildman–Crippen MR) is 201 cm³/mol. The molecule has 0 saturated carbocycles. The van der Waals surface area contributed by atoms with Gasteiger partial charge in [0.25, 0.3) is 0 Å². The Hall–Kier alpha value is -7.14. The van der Waals surface area contributed by atoms with Crippen LogP contribution in [0.2, 0.25) is 0 Å². The van der Waals surface area contributed by atoms with Crippen LogP contribution >= 0.6 is 0 Å². The Kier molecular flexibility index (Phi) is 7.09. The molecule has 0 fully saturated rings. The van der Waals surface area contributed by atoms with Gasteiger partial charge in [-0.15, -0.1) is 0 Å². The first-order valence-corrected chi connectivity index (χ1v) is 16.8. The quantitative estimate of drug-likeness (QED) is 0.179. The first-order valence-electron chi connectivity index (χ1n) is 16.8. The molecular weight excluding hydrogens is 625 g/mol. The Morgan fingerprint density at radius 3 is 1.18 bits per heavy atom. The standard InChI is InChI=1S/C47H28N2O2/c48-29-31-9-19-39(20-10-31)50-41-23-15-33-25-37(17-13-35(33)27-41)47(45-7-3-1-5-43(45)44-6-2-4-8-46(44)47)38-18-14-36-28-42(24-16-34(36)26-38)51-40-21-11-32(30-49)12-22-40/h1-28H. The summed E-state index contributed by atoms with van der Waals surface area (Å²) in [4.78, 5) is 0. The summed E-state index contributed by atoms with van der Waals surface area (Å²) in [6.07, 6.45) is 0. The molecule has 4 nitrogen and oxygen atoms in total. The second-order valence-electron chi connectivity index (χ2n) is 12.8. The minimum atomic E-state index is -0.551. The number of rotatable bonds is 6. The summed E-state index contributed by atoms with van der Waals surface area (Å²) in [6.45, 7) is 0. The van der Waals surface area contributed by atoms with Crippen LogP contribution < -0.4 is 9.47 Å². The van der Waals surface area contributed by atoms with E-state index >= 15 is 0 Å². The summed E-state index contributed by atoms with van der Waals surface area (Å²) in [5, 5.41) is 22.7. The summed E-state index contributed by atoms with van der Waals surface area (Å²) in [6, 6.07) is 62.0. The molecule has 8 aromatic carbocycles. The van der Waals surface area contributed by atoms with Crippen molar-refractivity contribution >= 4 is 21.5 Å². The van der Waals surface area contributed by atoms with Crippen LogP contribution in [0.5, 0.6) is 23.0 Å². The molecule has 0 unspecified atom stereocenters. The van der Waals surface area contributed by atoms with E-state index in [9.17, 15) is 0 Å². The molecule has 1 aliphatic rings. The highest BCUT2D eigenvalue weighted by molar-refractivity contribution is 5.92. The van der Waals surface area contributed by atoms with Crippen molar-refractivity contribution in [2.75, 3.05) is 0 Å². The molecule has 0 radical (unpaired) electrons. The maximum Gasteiger partial charge on any atom is 0.128 e. The number of fused-ring (bicyclic) bond motifs is 5. The van der Waals surface area contributed by atoms with Crippen LogP contribution in [0.1, 0.15) is 33.4 Å². The SMILES string of the molecule is N#Cc1ccc(Oc2ccc3cc(C4(c5ccc6cc(Oc7ccc(C#N)cc7)ccc6c5)c5ccccc5-c5ccccc54)ccc3c2)cc1. The highest BCUT2D eigenvalue weighted by Gasteiger charge is 2.46. The average Bonchev–Trinajstić information content (AvgIpc) is 3.49. The number of benzene rings is 8. The lowest BCUT2D eigenvalue weighted by molar-refractivity contribution is 0.483. The zero-order valence-electron chi connectivity index (χ0n) is 27.4. The molecule has 0 spiro atoms. The molecule has 0 aliphatic heterocycles. The summed E-state index contributed by atoms with van der Waals surface area (Å²) in [5.74, 6) is 2.85. The van der Waals surface area contributed by atoms with Gasteiger partial charge in [0, 0.05) is 0 Å². The van der Waals surface area contributed by atoms with Gasteiger partial charge in [0.2, 0.25) is 0 Å². The second kappa shape index (κ2) is 12.1. The number of ether oxygens (including phenoxy) is 2. The van der Waals surface area contributed by atoms with E-state index in [-0.39, 0.29) is 0 Å². The first-order chi connectivity index (χ1) is 25.1. The molecule has 9 rings (SSSR count). The zero-order valence-corrected chi connectivity index (χ0v) is 27.4. The van der Waals surface area contributed by atoms with Crippen LogP contribution in [0.15, 0.2) is 170 Å². The number of hydrogen-bond donors (Lipinski definition) is 0. The maximum atomic E-state index is 9.15. The second-order valence-corrected chi connectivity index (χ2v) is 12.8. The molecule has 0 atom stereocenters. The molecule has 0 aromatic heterocycles. The number of hydrogen-bond acceptors (Lipinski definition) is 4. The third-order valence-electron chi connectivity index (χ3n) is 9.88. The molecule has 0 heterocycles. The molecule has 0 amide bonds. The van der Waals surface area contributed by atoms with Gasteiger partial charge < -0.3 is 9.47 Å². The Morgan fingerprint density at radius 2 is 0.745 bits per heavy atom. The average molecular weight is 653 g/mol. The van der Waals surface area contributed by atoms with Crippen molar-refractivity contribution in [2.24, 2.45) is 0 Å². The largest absolute Gasteiger partial charge is 0.457 e. The molecule has 238 valence electrons. The third-order valence-corrected chi connectivity index (χ3v) is 9.88. The lowest BCUT2D eigenvalue weighted by Crippen LogP contribution is -2.28. The van der Waals surface area contributed by atoms with Gasteiger partial charge in [0.1, 0.15) is 23.0 Å². The molecule has 1 aliphatic carbocycles. The van der Waals surface area contributed by atoms with E-state index in [0.717, 1.165) is 33.0 Å². The van der Waals surface area contributed by atoms with Crippen molar-refractivity contribution in [3.8, 4) is 46.3 Å². The van der Waals surface area contributed by atoms with Crippen molar-refractivity contribution in [2.45, 2.75) is 5.41 Å². The topological polar surface area (TPSA) is 66.0 Å². The zero-order chi connectivity index (χ0) is 34.4. The minimum absolute atomic E-state index is 0.551. The smallest absolute Gasteiger partial charge is 0.128 e. The van der Waals surface area contributed by atoms with Crippen molar-refractivity contribution in [1.29, 1.82) is 10.5 Å². The lowest BCUT2D eigenvalue weighted by atomic mass is 9.67. The summed E-state index contributed by atoms with van der Waals surface area (Å²) in [5.41, 5.74) is 8.02. The fraction of sp³-hybridized carbons (Fsp3) is 0.0213. The van der Waals surface area contributed by atoms with Gasteiger partial charge in [-0.2, -0.15) is 10.5 Å². The maximum absolute atomic E-state index is 9.15. The summed E-state index contributed by atoms with van der Waals surface area (Å²) >= 11 is 0. The van der Waals surface area contributed by atoms with Gasteiger partial charge >= 0.3 is 0 Å². The van der Waals surface area contributed by atoms with Crippen molar-refractivity contribution in [3.63, 3.8) is 0 Å². The van der Waals surface area contributed by atoms with Gasteiger partial charge in [0.05, 0.1) is 28.7 Å². The summed E-state index contributed by atoms with van der Waals surface area (Å²) < 4.78 is 12.3. The van der Waals surface area contributed by atoms with Crippen molar-refractivity contribution < 1.29 is 9.47 Å². The van der Waals surface area contributed by atoms with E-state index in [0.29, 0.717) is 22.6 Å². The van der Waals surface area contributed by atoms with Crippen LogP contribution in [0.3, 0.4) is 0 Å². The lowest BCUT2D eigenvalue weighted by Gasteiger charge is -2.34. The normalized spacial score (nSPS) is 12.4. The van der Waals surface area contributed by atoms with Gasteiger partial charge in [-0.3, -0.25) is 0 Å². The molecule has 4 heteroatoms. The van der Waals surface area contributed by atoms with E-state index in [1.165, 1.54) is 33.4 Å². The highest BCUT2D eigenvalue weighted by Crippen LogP contribution is 2.56. The molecule has 0 saturated heterocycles. The van der Waals surface area contributed by atoms with Crippen LogP contribution in [-0.2, 0) is 5.41 Å². The summed E-state index contributed by atoms with van der Waals surface area (Å²) in [7, 11) is 0. The van der Waals surface area contributed by atoms with Crippen LogP contribution in [0.25, 0.3) is 32.7 Å². The van der Waals surface area contributed by atoms with E-state index in [4.69, 9.17) is 20.0 Å². The van der Waals surface area contributed by atoms with Gasteiger partial charge in [-0.1, -0.05) is 84.9 Å². The Morgan fingerprint density at radius 1 is 0.373 bits per heavy atom. The van der Waals surface area contributed by atoms with E-state index in [1.54, 1.807) is 24.3 Å². The van der Waals surface area contributed by atoms with E-state index in [1.807, 2.05) is 36.4 Å². The Labute approximate surface area is 295 Å². The van der Waals surface area contributed by atoms with Crippen LogP contribution in [-0.4, -0.2) is 0 Å². The number of nitrogens with zero attached hydrogens (tertiary/aromatic N) is 2. The Balaban J connectivity index is 1.16. The fourth-order valence-corrected chi connectivity index (χ4v) is 7.53. The Bertz CT molecular complexity index is 2530. The molecule has 8 aromatic rings. The van der Waals surface area contributed by atoms with Gasteiger partial charge in [0.15, 0.2) is 0 Å². The van der Waals surface area contributed by atoms with Crippen LogP contribution in [0, 0.1) is 22.7 Å². The molecule has 0 bridgehead atoms. The minimum Gasteiger partial charge on any atom is -0.457 e. The van der Waals surface area contributed by atoms with Crippen LogP contribution in [0.4, 0.5) is 0 Å². The monoisotopic (exact) mass is 652 g/mol. The van der Waals surface area contributed by atoms with E-state index < -0.39 is 5.41 Å². The van der Waals surface area contributed by atoms with Gasteiger partial charge in [-0.05, 0) is 140 Å². The molecule has 51 heavy (non-hydrogen) atoms. The third kappa shape index (κ3) is 5.06. The highest BCUT2D eigenvalue weighted by atomic mass is 16.5. The number of nitriles is 2. The van der Waals surface area contributed by atoms with Crippen molar-refractivity contribution in [3.05, 3.63) is 203 Å². The van der Waals surface area contributed by atoms with E-state index in [2.05, 4.69) is 121 Å².